The number of nitrogens with zero attached hydrogens (tertiary/aromatic N) is 5. The lowest BCUT2D eigenvalue weighted by Crippen LogP contribution is -2.41. The van der Waals surface area contributed by atoms with Crippen LogP contribution in [0.4, 0.5) is 14.9 Å². The van der Waals surface area contributed by atoms with Gasteiger partial charge in [-0.25, -0.2) is 14.2 Å². The van der Waals surface area contributed by atoms with Crippen molar-refractivity contribution in [2.24, 2.45) is 7.05 Å². The minimum Gasteiger partial charge on any atom is -0.444 e. The van der Waals surface area contributed by atoms with Crippen LogP contribution in [0.3, 0.4) is 0 Å². The number of nitrogens with one attached hydrogen (secondary N) is 1. The largest absolute Gasteiger partial charge is 0.444 e. The number of benzene rings is 1. The molecule has 4 heterocycles. The van der Waals surface area contributed by atoms with Gasteiger partial charge in [0, 0.05) is 50.2 Å². The monoisotopic (exact) mass is 506 g/mol. The van der Waals surface area contributed by atoms with Gasteiger partial charge in [0.25, 0.3) is 5.91 Å². The first-order valence-corrected chi connectivity index (χ1v) is 12.4. The zero-order valence-corrected chi connectivity index (χ0v) is 21.7. The summed E-state index contributed by atoms with van der Waals surface area (Å²) < 4.78 is 23.3. The fraction of sp³-hybridized carbons (Fsp3) is 0.407. The Labute approximate surface area is 214 Å². The van der Waals surface area contributed by atoms with Crippen molar-refractivity contribution in [2.45, 2.75) is 52.1 Å². The predicted molar refractivity (Wildman–Crippen MR) is 138 cm³/mol. The number of rotatable bonds is 3. The summed E-state index contributed by atoms with van der Waals surface area (Å²) in [6, 6.07) is 5.01. The molecule has 0 saturated carbocycles. The Morgan fingerprint density at radius 2 is 1.86 bits per heavy atom. The van der Waals surface area contributed by atoms with E-state index in [0.717, 1.165) is 23.8 Å². The van der Waals surface area contributed by atoms with E-state index >= 15 is 0 Å². The summed E-state index contributed by atoms with van der Waals surface area (Å²) in [5.74, 6) is -0.656. The van der Waals surface area contributed by atoms with Gasteiger partial charge in [-0.3, -0.25) is 9.48 Å². The zero-order valence-electron chi connectivity index (χ0n) is 21.7. The Hall–Kier alpha value is -3.95. The molecule has 37 heavy (non-hydrogen) atoms. The Balaban J connectivity index is 1.37. The molecule has 4 aromatic rings. The first-order chi connectivity index (χ1) is 17.5. The molecule has 0 atom stereocenters. The molecule has 1 aromatic carbocycles. The summed E-state index contributed by atoms with van der Waals surface area (Å²) in [5.41, 5.74) is 2.80. The number of piperidine rings is 1. The number of carbonyl (C=O) groups is 2. The van der Waals surface area contributed by atoms with Crippen LogP contribution in [0.5, 0.6) is 0 Å². The molecule has 1 saturated heterocycles. The highest BCUT2D eigenvalue weighted by molar-refractivity contribution is 6.12. The molecule has 0 bridgehead atoms. The maximum atomic E-state index is 14.5. The van der Waals surface area contributed by atoms with Crippen LogP contribution in [0.15, 0.2) is 36.8 Å². The number of amides is 2. The Bertz CT molecular complexity index is 1510. The third kappa shape index (κ3) is 5.00. The van der Waals surface area contributed by atoms with Crippen molar-refractivity contribution in [2.75, 3.05) is 18.4 Å². The van der Waals surface area contributed by atoms with E-state index in [1.165, 1.54) is 6.07 Å². The molecule has 0 spiro atoms. The van der Waals surface area contributed by atoms with E-state index in [-0.39, 0.29) is 23.6 Å². The maximum Gasteiger partial charge on any atom is 0.410 e. The van der Waals surface area contributed by atoms with Gasteiger partial charge in [-0.1, -0.05) is 6.07 Å². The van der Waals surface area contributed by atoms with Crippen LogP contribution in [0.2, 0.25) is 0 Å². The Morgan fingerprint density at radius 3 is 2.57 bits per heavy atom. The number of hydrogen-bond donors (Lipinski definition) is 1. The number of aromatic nitrogens is 4. The van der Waals surface area contributed by atoms with Crippen LogP contribution < -0.4 is 5.32 Å². The molecule has 1 aliphatic rings. The van der Waals surface area contributed by atoms with E-state index in [9.17, 15) is 14.0 Å². The lowest BCUT2D eigenvalue weighted by atomic mass is 9.87. The second kappa shape index (κ2) is 9.17. The molecule has 9 nitrogen and oxygen atoms in total. The normalized spacial score (nSPS) is 14.9. The molecule has 1 aliphatic heterocycles. The number of halogens is 1. The van der Waals surface area contributed by atoms with Gasteiger partial charge >= 0.3 is 6.09 Å². The summed E-state index contributed by atoms with van der Waals surface area (Å²) in [6.45, 7) is 8.58. The summed E-state index contributed by atoms with van der Waals surface area (Å²) in [6.07, 6.45) is 6.55. The van der Waals surface area contributed by atoms with Gasteiger partial charge in [0.2, 0.25) is 0 Å². The number of likely N-dealkylation sites (tertiary alicyclic amines) is 1. The molecule has 1 N–H and O–H groups in total. The van der Waals surface area contributed by atoms with Crippen LogP contribution in [-0.4, -0.2) is 54.8 Å². The van der Waals surface area contributed by atoms with Crippen molar-refractivity contribution in [3.8, 4) is 0 Å². The highest BCUT2D eigenvalue weighted by Crippen LogP contribution is 2.35. The summed E-state index contributed by atoms with van der Waals surface area (Å²) in [5, 5.41) is 8.27. The van der Waals surface area contributed by atoms with Gasteiger partial charge in [0.15, 0.2) is 11.5 Å². The van der Waals surface area contributed by atoms with Crippen molar-refractivity contribution < 1.29 is 18.7 Å². The van der Waals surface area contributed by atoms with Crippen molar-refractivity contribution in [3.63, 3.8) is 0 Å². The highest BCUT2D eigenvalue weighted by atomic mass is 19.1. The predicted octanol–water partition coefficient (Wildman–Crippen LogP) is 5.04. The van der Waals surface area contributed by atoms with Gasteiger partial charge in [0.05, 0.1) is 16.9 Å². The molecule has 2 amide bonds. The van der Waals surface area contributed by atoms with Gasteiger partial charge in [0.1, 0.15) is 11.1 Å². The first kappa shape index (κ1) is 24.7. The molecule has 0 aliphatic carbocycles. The average Bonchev–Trinajstić information content (AvgIpc) is 3.39. The Morgan fingerprint density at radius 1 is 1.14 bits per heavy atom. The zero-order chi connectivity index (χ0) is 26.5. The number of pyridine rings is 1. The number of ether oxygens (including phenoxy) is 1. The van der Waals surface area contributed by atoms with Crippen molar-refractivity contribution >= 4 is 34.2 Å². The summed E-state index contributed by atoms with van der Waals surface area (Å²) in [7, 11) is 1.82. The van der Waals surface area contributed by atoms with E-state index in [4.69, 9.17) is 4.74 Å². The number of fused-ring (bicyclic) bond motifs is 2. The van der Waals surface area contributed by atoms with Crippen LogP contribution in [0, 0.1) is 12.7 Å². The van der Waals surface area contributed by atoms with Gasteiger partial charge < -0.3 is 19.4 Å². The minimum atomic E-state index is -0.526. The van der Waals surface area contributed by atoms with E-state index in [1.807, 2.05) is 40.1 Å². The van der Waals surface area contributed by atoms with Crippen molar-refractivity contribution in [1.82, 2.24) is 24.1 Å². The fourth-order valence-corrected chi connectivity index (χ4v) is 4.93. The molecule has 10 heteroatoms. The third-order valence-corrected chi connectivity index (χ3v) is 6.54. The topological polar surface area (TPSA) is 93.8 Å². The summed E-state index contributed by atoms with van der Waals surface area (Å²) in [4.78, 5) is 31.6. The molecule has 5 rings (SSSR count). The SMILES string of the molecule is Cc1cn2cc(NC(=O)c3ccc(C4CCN(C(=O)OC(C)(C)C)CC4)c4cn(C)nc34)cc(F)c2n1. The molecule has 0 unspecified atom stereocenters. The molecule has 194 valence electrons. The molecule has 1 fully saturated rings. The molecular formula is C27H31FN6O3. The van der Waals surface area contributed by atoms with E-state index in [2.05, 4.69) is 15.4 Å². The second-order valence-electron chi connectivity index (χ2n) is 10.7. The summed E-state index contributed by atoms with van der Waals surface area (Å²) >= 11 is 0. The second-order valence-corrected chi connectivity index (χ2v) is 10.7. The number of hydrogen-bond acceptors (Lipinski definition) is 5. The molecule has 3 aromatic heterocycles. The van der Waals surface area contributed by atoms with Crippen LogP contribution in [0.1, 0.15) is 61.1 Å². The fourth-order valence-electron chi connectivity index (χ4n) is 4.93. The van der Waals surface area contributed by atoms with Crippen molar-refractivity contribution in [1.29, 1.82) is 0 Å². The van der Waals surface area contributed by atoms with Gasteiger partial charge in [-0.05, 0) is 58.1 Å². The molecular weight excluding hydrogens is 475 g/mol. The number of imidazole rings is 1. The van der Waals surface area contributed by atoms with Crippen LogP contribution >= 0.6 is 0 Å². The Kier molecular flexibility index (Phi) is 6.13. The lowest BCUT2D eigenvalue weighted by molar-refractivity contribution is 0.0205. The minimum absolute atomic E-state index is 0.213. The lowest BCUT2D eigenvalue weighted by Gasteiger charge is -2.33. The van der Waals surface area contributed by atoms with Gasteiger partial charge in [-0.15, -0.1) is 0 Å². The quantitative estimate of drug-likeness (QED) is 0.420. The van der Waals surface area contributed by atoms with E-state index in [1.54, 1.807) is 39.4 Å². The smallest absolute Gasteiger partial charge is 0.410 e. The highest BCUT2D eigenvalue weighted by Gasteiger charge is 2.29. The van der Waals surface area contributed by atoms with Crippen molar-refractivity contribution in [3.05, 3.63) is 59.4 Å². The first-order valence-electron chi connectivity index (χ1n) is 12.4. The maximum absolute atomic E-state index is 14.5. The standard InChI is InChI=1S/C27H31FN6O3/c1-16-13-34-14-18(12-22(28)24(34)29-16)30-25(35)20-7-6-19(21-15-32(5)31-23(20)21)17-8-10-33(11-9-17)26(36)37-27(2,3)4/h6-7,12-15,17H,8-11H2,1-5H3,(H,30,35). The van der Waals surface area contributed by atoms with Gasteiger partial charge in [-0.2, -0.15) is 5.10 Å². The third-order valence-electron chi connectivity index (χ3n) is 6.54. The number of carbonyl (C=O) groups excluding carboxylic acids is 2. The van der Waals surface area contributed by atoms with Crippen LogP contribution in [-0.2, 0) is 11.8 Å². The average molecular weight is 507 g/mol. The number of aryl methyl sites for hydroxylation is 2. The van der Waals surface area contributed by atoms with Crippen LogP contribution in [0.25, 0.3) is 16.6 Å². The number of anilines is 1. The van der Waals surface area contributed by atoms with E-state index in [0.29, 0.717) is 35.6 Å². The van der Waals surface area contributed by atoms with E-state index < -0.39 is 11.4 Å². The molecule has 0 radical (unpaired) electrons.